The molecular weight excluding hydrogens is 518 g/mol. The summed E-state index contributed by atoms with van der Waals surface area (Å²) in [6.07, 6.45) is 3.30. The number of benzene rings is 1. The normalized spacial score (nSPS) is 19.2. The van der Waals surface area contributed by atoms with Crippen molar-refractivity contribution >= 4 is 34.7 Å². The van der Waals surface area contributed by atoms with Crippen LogP contribution in [0.1, 0.15) is 44.9 Å². The molecule has 4 heterocycles. The Morgan fingerprint density at radius 1 is 1.21 bits per heavy atom. The summed E-state index contributed by atoms with van der Waals surface area (Å²) in [5.41, 5.74) is 8.76. The fourth-order valence-corrected chi connectivity index (χ4v) is 6.68. The van der Waals surface area contributed by atoms with Crippen molar-refractivity contribution < 1.29 is 19.1 Å². The lowest BCUT2D eigenvalue weighted by atomic mass is 10.1. The summed E-state index contributed by atoms with van der Waals surface area (Å²) in [6, 6.07) is 8.79. The number of aromatic amines is 1. The summed E-state index contributed by atoms with van der Waals surface area (Å²) in [6.45, 7) is 3.62. The predicted octanol–water partition coefficient (Wildman–Crippen LogP) is 2.70. The van der Waals surface area contributed by atoms with Crippen molar-refractivity contribution in [3.63, 3.8) is 0 Å². The predicted molar refractivity (Wildman–Crippen MR) is 148 cm³/mol. The molecule has 2 aliphatic heterocycles. The highest BCUT2D eigenvalue weighted by atomic mass is 32.1. The molecule has 4 N–H and O–H groups in total. The number of fused-ring (bicyclic) bond motifs is 3. The Hall–Kier alpha value is -3.58. The molecule has 2 fully saturated rings. The number of morpholine rings is 1. The molecule has 2 saturated heterocycles. The Morgan fingerprint density at radius 2 is 2.03 bits per heavy atom. The van der Waals surface area contributed by atoms with Crippen molar-refractivity contribution in [2.45, 2.75) is 25.3 Å². The van der Waals surface area contributed by atoms with E-state index in [1.807, 2.05) is 12.1 Å². The van der Waals surface area contributed by atoms with Gasteiger partial charge in [0.25, 0.3) is 5.91 Å². The lowest BCUT2D eigenvalue weighted by Crippen LogP contribution is -2.54. The summed E-state index contributed by atoms with van der Waals surface area (Å²) in [5, 5.41) is 13.7. The number of carbonyl (C=O) groups excluding carboxylic acids is 3. The van der Waals surface area contributed by atoms with Gasteiger partial charge in [-0.25, -0.2) is 14.8 Å². The van der Waals surface area contributed by atoms with E-state index in [0.29, 0.717) is 77.5 Å². The number of urea groups is 1. The second-order valence-corrected chi connectivity index (χ2v) is 11.1. The number of hydrazine groups is 1. The number of rotatable bonds is 7. The minimum absolute atomic E-state index is 0.123. The van der Waals surface area contributed by atoms with Crippen LogP contribution in [0.25, 0.3) is 21.8 Å². The third-order valence-corrected chi connectivity index (χ3v) is 8.84. The van der Waals surface area contributed by atoms with Gasteiger partial charge in [0.2, 0.25) is 0 Å². The van der Waals surface area contributed by atoms with Gasteiger partial charge in [0.15, 0.2) is 5.78 Å². The standard InChI is InChI=1S/C27H31N7O4S/c1-32-11-3-4-16(32)9-10-29-26(36)20-8-7-19(39-20)24-22-23(30-31-24)17-5-2-6-18(21(17)25(22)35)34(27(28)37)33-12-14-38-15-13-33/h2,5-8,16H,3-4,9-15H2,1H3,(H2,28,37)(H,29,36)(H,30,31). The minimum atomic E-state index is -0.669. The number of nitrogens with two attached hydrogens (primary N) is 1. The number of hydrogen-bond donors (Lipinski definition) is 3. The summed E-state index contributed by atoms with van der Waals surface area (Å²) in [5.74, 6) is -0.360. The zero-order valence-corrected chi connectivity index (χ0v) is 22.6. The SMILES string of the molecule is CN1CCCC1CCNC(=O)c1ccc(-c2[nH]nc3c2C(=O)c2c-3cccc2N(C(N)=O)N2CCOCC2)s1. The second kappa shape index (κ2) is 10.5. The van der Waals surface area contributed by atoms with Crippen LogP contribution < -0.4 is 16.1 Å². The molecule has 2 aromatic heterocycles. The highest BCUT2D eigenvalue weighted by molar-refractivity contribution is 7.17. The van der Waals surface area contributed by atoms with Crippen LogP contribution in [0.15, 0.2) is 30.3 Å². The van der Waals surface area contributed by atoms with Gasteiger partial charge in [-0.3, -0.25) is 14.7 Å². The molecule has 3 aromatic rings. The molecule has 1 aromatic carbocycles. The first-order chi connectivity index (χ1) is 18.9. The van der Waals surface area contributed by atoms with Gasteiger partial charge < -0.3 is 20.7 Å². The number of H-pyrrole nitrogens is 1. The van der Waals surface area contributed by atoms with E-state index in [-0.39, 0.29) is 11.7 Å². The fourth-order valence-electron chi connectivity index (χ4n) is 5.76. The summed E-state index contributed by atoms with van der Waals surface area (Å²) in [7, 11) is 2.13. The Bertz CT molecular complexity index is 1430. The number of likely N-dealkylation sites (tertiary alicyclic amines) is 1. The van der Waals surface area contributed by atoms with Gasteiger partial charge >= 0.3 is 6.03 Å². The molecule has 11 nitrogen and oxygen atoms in total. The van der Waals surface area contributed by atoms with Crippen molar-refractivity contribution in [1.82, 2.24) is 25.4 Å². The number of ether oxygens (including phenoxy) is 1. The third-order valence-electron chi connectivity index (χ3n) is 7.74. The molecule has 6 rings (SSSR count). The summed E-state index contributed by atoms with van der Waals surface area (Å²) >= 11 is 1.31. The van der Waals surface area contributed by atoms with Gasteiger partial charge in [-0.15, -0.1) is 11.3 Å². The zero-order chi connectivity index (χ0) is 27.1. The number of thiophene rings is 1. The number of anilines is 1. The van der Waals surface area contributed by atoms with Crippen LogP contribution in [0.5, 0.6) is 0 Å². The molecule has 3 aliphatic rings. The molecule has 0 bridgehead atoms. The Balaban J connectivity index is 1.24. The molecule has 12 heteroatoms. The smallest absolute Gasteiger partial charge is 0.334 e. The highest BCUT2D eigenvalue weighted by Crippen LogP contribution is 2.45. The van der Waals surface area contributed by atoms with E-state index in [2.05, 4.69) is 27.5 Å². The number of primary amides is 1. The lowest BCUT2D eigenvalue weighted by molar-refractivity contribution is 0.0364. The van der Waals surface area contributed by atoms with Crippen molar-refractivity contribution in [3.05, 3.63) is 46.3 Å². The van der Waals surface area contributed by atoms with E-state index in [0.717, 1.165) is 17.8 Å². The number of amides is 3. The average molecular weight is 550 g/mol. The van der Waals surface area contributed by atoms with Gasteiger partial charge in [-0.05, 0) is 51.1 Å². The van der Waals surface area contributed by atoms with Crippen molar-refractivity contribution in [2.24, 2.45) is 5.73 Å². The first-order valence-electron chi connectivity index (χ1n) is 13.2. The number of nitrogens with one attached hydrogen (secondary N) is 2. The van der Waals surface area contributed by atoms with Crippen molar-refractivity contribution in [3.8, 4) is 21.8 Å². The molecule has 1 unspecified atom stereocenters. The van der Waals surface area contributed by atoms with Gasteiger partial charge in [-0.2, -0.15) is 5.10 Å². The molecule has 0 saturated carbocycles. The Kier molecular flexibility index (Phi) is 6.94. The second-order valence-electron chi connectivity index (χ2n) is 10.1. The van der Waals surface area contributed by atoms with E-state index in [4.69, 9.17) is 10.5 Å². The number of ketones is 1. The number of nitrogens with zero attached hydrogens (tertiary/aromatic N) is 4. The lowest BCUT2D eigenvalue weighted by Gasteiger charge is -2.36. The highest BCUT2D eigenvalue weighted by Gasteiger charge is 2.38. The first kappa shape index (κ1) is 25.7. The van der Waals surface area contributed by atoms with Crippen molar-refractivity contribution in [2.75, 3.05) is 51.4 Å². The van der Waals surface area contributed by atoms with E-state index in [9.17, 15) is 14.4 Å². The largest absolute Gasteiger partial charge is 0.379 e. The molecule has 204 valence electrons. The number of carbonyl (C=O) groups is 3. The minimum Gasteiger partial charge on any atom is -0.379 e. The summed E-state index contributed by atoms with van der Waals surface area (Å²) < 4.78 is 5.42. The maximum atomic E-state index is 13.8. The van der Waals surface area contributed by atoms with Crippen LogP contribution in [0.4, 0.5) is 10.5 Å². The maximum absolute atomic E-state index is 13.8. The van der Waals surface area contributed by atoms with Crippen molar-refractivity contribution in [1.29, 1.82) is 0 Å². The Morgan fingerprint density at radius 3 is 2.77 bits per heavy atom. The van der Waals surface area contributed by atoms with Gasteiger partial charge in [-0.1, -0.05) is 12.1 Å². The first-order valence-corrected chi connectivity index (χ1v) is 14.0. The number of hydrogen-bond acceptors (Lipinski definition) is 8. The molecule has 1 atom stereocenters. The fraction of sp³-hybridized carbons (Fsp3) is 0.407. The molecule has 39 heavy (non-hydrogen) atoms. The Labute approximate surface area is 229 Å². The molecule has 0 spiro atoms. The molecule has 1 aliphatic carbocycles. The van der Waals surface area contributed by atoms with E-state index in [1.165, 1.54) is 29.2 Å². The van der Waals surface area contributed by atoms with Crippen LogP contribution in [-0.4, -0.2) is 90.3 Å². The van der Waals surface area contributed by atoms with Crippen LogP contribution in [-0.2, 0) is 4.74 Å². The van der Waals surface area contributed by atoms with E-state index in [1.54, 1.807) is 23.2 Å². The molecule has 0 radical (unpaired) electrons. The topological polar surface area (TPSA) is 137 Å². The van der Waals surface area contributed by atoms with Crippen LogP contribution >= 0.6 is 11.3 Å². The third kappa shape index (κ3) is 4.63. The van der Waals surface area contributed by atoms with Crippen LogP contribution in [0.2, 0.25) is 0 Å². The summed E-state index contributed by atoms with van der Waals surface area (Å²) in [4.78, 5) is 42.9. The number of aromatic nitrogens is 2. The van der Waals surface area contributed by atoms with Gasteiger partial charge in [0.05, 0.1) is 45.5 Å². The average Bonchev–Trinajstić information content (AvgIpc) is 3.72. The quantitative estimate of drug-likeness (QED) is 0.322. The van der Waals surface area contributed by atoms with Gasteiger partial charge in [0, 0.05) is 31.2 Å². The van der Waals surface area contributed by atoms with Gasteiger partial charge in [0.1, 0.15) is 5.69 Å². The molecular formula is C27H31N7O4S. The molecule has 3 amide bonds. The van der Waals surface area contributed by atoms with Crippen LogP contribution in [0, 0.1) is 0 Å². The van der Waals surface area contributed by atoms with E-state index < -0.39 is 6.03 Å². The zero-order valence-electron chi connectivity index (χ0n) is 21.7. The maximum Gasteiger partial charge on any atom is 0.334 e. The van der Waals surface area contributed by atoms with Crippen LogP contribution in [0.3, 0.4) is 0 Å². The monoisotopic (exact) mass is 549 g/mol. The van der Waals surface area contributed by atoms with E-state index >= 15 is 0 Å².